The largest absolute Gasteiger partial charge is 0.472 e. The Labute approximate surface area is 300 Å². The molecule has 1 unspecified atom stereocenters. The Morgan fingerprint density at radius 2 is 1.31 bits per heavy atom. The first-order valence-corrected chi connectivity index (χ1v) is 18.6. The zero-order valence-corrected chi connectivity index (χ0v) is 30.1. The van der Waals surface area contributed by atoms with Crippen LogP contribution in [-0.2, 0) is 15.8 Å². The van der Waals surface area contributed by atoms with E-state index < -0.39 is 5.60 Å². The van der Waals surface area contributed by atoms with Crippen LogP contribution in [0.2, 0.25) is 0 Å². The van der Waals surface area contributed by atoms with Gasteiger partial charge in [0.1, 0.15) is 5.75 Å². The molecule has 3 aliphatic heterocycles. The third-order valence-corrected chi connectivity index (χ3v) is 12.1. The lowest BCUT2D eigenvalue weighted by Gasteiger charge is -2.52. The number of hydrogen-bond donors (Lipinski definition) is 0. The van der Waals surface area contributed by atoms with Crippen LogP contribution in [0.5, 0.6) is 17.2 Å². The minimum Gasteiger partial charge on any atom is -0.472 e. The van der Waals surface area contributed by atoms with Crippen molar-refractivity contribution >= 4 is 22.5 Å². The van der Waals surface area contributed by atoms with Gasteiger partial charge in [0.2, 0.25) is 6.79 Å². The van der Waals surface area contributed by atoms with Crippen LogP contribution in [0.4, 0.5) is 5.69 Å². The molecule has 1 atom stereocenters. The molecule has 51 heavy (non-hydrogen) atoms. The molecule has 5 nitrogen and oxygen atoms in total. The second-order valence-electron chi connectivity index (χ2n) is 16.9. The van der Waals surface area contributed by atoms with Gasteiger partial charge in [0.25, 0.3) is 0 Å². The third-order valence-electron chi connectivity index (χ3n) is 12.1. The average molecular weight is 676 g/mol. The summed E-state index contributed by atoms with van der Waals surface area (Å²) in [5.74, 6) is 2.48. The van der Waals surface area contributed by atoms with E-state index in [1.54, 1.807) is 0 Å². The molecule has 2 fully saturated rings. The maximum Gasteiger partial charge on any atom is 0.231 e. The highest BCUT2D eigenvalue weighted by molar-refractivity contribution is 6.09. The molecule has 3 heterocycles. The molecule has 5 heteroatoms. The van der Waals surface area contributed by atoms with E-state index in [9.17, 15) is 0 Å². The second kappa shape index (κ2) is 10.9. The smallest absolute Gasteiger partial charge is 0.231 e. The van der Waals surface area contributed by atoms with Gasteiger partial charge in [0.15, 0.2) is 17.1 Å². The number of benzene rings is 5. The van der Waals surface area contributed by atoms with Gasteiger partial charge in [-0.3, -0.25) is 0 Å². The standard InChI is InChI=1S/C46H45NO4/c1-43(2)26-44(3,4)28-45(27-43)37-13-9-8-12-33(37)40-35-24-38-39(50-29-49-38)25-36(35)42-34(41(40)45)18-19-46(51-42,30-10-6-5-7-11-30)31-14-16-32(17-15-31)47-20-22-48-23-21-47/h5-19,24-25H,20-23,26-29H2,1-4H3. The summed E-state index contributed by atoms with van der Waals surface area (Å²) in [5, 5.41) is 2.22. The molecule has 1 saturated heterocycles. The van der Waals surface area contributed by atoms with E-state index in [0.29, 0.717) is 0 Å². The van der Waals surface area contributed by atoms with Crippen LogP contribution in [-0.4, -0.2) is 33.1 Å². The predicted octanol–water partition coefficient (Wildman–Crippen LogP) is 10.3. The molecular weight excluding hydrogens is 631 g/mol. The van der Waals surface area contributed by atoms with Crippen molar-refractivity contribution in [3.8, 4) is 28.4 Å². The normalized spacial score (nSPS) is 23.1. The second-order valence-corrected chi connectivity index (χ2v) is 16.9. The lowest BCUT2D eigenvalue weighted by Crippen LogP contribution is -2.44. The monoisotopic (exact) mass is 675 g/mol. The molecule has 258 valence electrons. The van der Waals surface area contributed by atoms with E-state index in [2.05, 4.69) is 136 Å². The molecule has 5 aliphatic rings. The van der Waals surface area contributed by atoms with Gasteiger partial charge in [0, 0.05) is 46.3 Å². The molecule has 0 aromatic heterocycles. The minimum atomic E-state index is -0.834. The zero-order valence-electron chi connectivity index (χ0n) is 30.1. The first-order valence-electron chi connectivity index (χ1n) is 18.6. The van der Waals surface area contributed by atoms with E-state index in [0.717, 1.165) is 72.9 Å². The van der Waals surface area contributed by atoms with Gasteiger partial charge in [-0.05, 0) is 88.1 Å². The molecule has 0 amide bonds. The quantitative estimate of drug-likeness (QED) is 0.190. The fourth-order valence-corrected chi connectivity index (χ4v) is 10.9. The molecule has 0 radical (unpaired) electrons. The molecule has 1 saturated carbocycles. The van der Waals surface area contributed by atoms with Gasteiger partial charge in [-0.1, -0.05) is 101 Å². The molecule has 5 aromatic carbocycles. The van der Waals surface area contributed by atoms with Gasteiger partial charge >= 0.3 is 0 Å². The number of ether oxygens (including phenoxy) is 4. The average Bonchev–Trinajstić information content (AvgIpc) is 3.70. The van der Waals surface area contributed by atoms with E-state index >= 15 is 0 Å². The Kier molecular flexibility index (Phi) is 6.62. The lowest BCUT2D eigenvalue weighted by molar-refractivity contribution is 0.0642. The van der Waals surface area contributed by atoms with Crippen LogP contribution in [0.25, 0.3) is 28.0 Å². The highest BCUT2D eigenvalue weighted by Gasteiger charge is 2.55. The van der Waals surface area contributed by atoms with Gasteiger partial charge in [-0.15, -0.1) is 0 Å². The van der Waals surface area contributed by atoms with E-state index in [-0.39, 0.29) is 23.0 Å². The summed E-state index contributed by atoms with van der Waals surface area (Å²) in [4.78, 5) is 2.40. The maximum atomic E-state index is 7.70. The Hall–Kier alpha value is -4.74. The van der Waals surface area contributed by atoms with Gasteiger partial charge < -0.3 is 23.8 Å². The van der Waals surface area contributed by atoms with Crippen LogP contribution in [0.3, 0.4) is 0 Å². The predicted molar refractivity (Wildman–Crippen MR) is 204 cm³/mol. The summed E-state index contributed by atoms with van der Waals surface area (Å²) in [7, 11) is 0. The fourth-order valence-electron chi connectivity index (χ4n) is 10.9. The van der Waals surface area contributed by atoms with Crippen molar-refractivity contribution in [3.63, 3.8) is 0 Å². The Morgan fingerprint density at radius 3 is 2.04 bits per heavy atom. The van der Waals surface area contributed by atoms with Crippen LogP contribution in [0, 0.1) is 10.8 Å². The van der Waals surface area contributed by atoms with Crippen molar-refractivity contribution in [1.29, 1.82) is 0 Å². The molecule has 0 N–H and O–H groups in total. The van der Waals surface area contributed by atoms with Crippen molar-refractivity contribution in [3.05, 3.63) is 125 Å². The van der Waals surface area contributed by atoms with Gasteiger partial charge in [-0.2, -0.15) is 0 Å². The molecule has 10 rings (SSSR count). The summed E-state index contributed by atoms with van der Waals surface area (Å²) in [6.07, 6.45) is 8.07. The topological polar surface area (TPSA) is 40.2 Å². The fraction of sp³-hybridized carbons (Fsp3) is 0.348. The number of nitrogens with zero attached hydrogens (tertiary/aromatic N) is 1. The number of morpholine rings is 1. The van der Waals surface area contributed by atoms with Crippen molar-refractivity contribution in [2.24, 2.45) is 10.8 Å². The van der Waals surface area contributed by atoms with Crippen molar-refractivity contribution < 1.29 is 18.9 Å². The van der Waals surface area contributed by atoms with E-state index in [1.165, 1.54) is 45.3 Å². The van der Waals surface area contributed by atoms with Gasteiger partial charge in [-0.25, -0.2) is 0 Å². The highest BCUT2D eigenvalue weighted by atomic mass is 16.7. The maximum absolute atomic E-state index is 7.70. The molecule has 0 bridgehead atoms. The van der Waals surface area contributed by atoms with Gasteiger partial charge in [0.05, 0.1) is 13.2 Å². The molecule has 1 spiro atoms. The van der Waals surface area contributed by atoms with Crippen LogP contribution in [0.1, 0.15) is 74.8 Å². The summed E-state index contributed by atoms with van der Waals surface area (Å²) >= 11 is 0. The Balaban J connectivity index is 1.25. The summed E-state index contributed by atoms with van der Waals surface area (Å²) < 4.78 is 25.4. The lowest BCUT2D eigenvalue weighted by atomic mass is 9.52. The SMILES string of the molecule is CC1(C)CC(C)(C)CC2(C1)c1ccccc1-c1c2c2c(c3cc4c(cc13)OCO4)OC(c1ccccc1)(c1ccc(N3CCOCC3)cc1)C=C2. The van der Waals surface area contributed by atoms with E-state index in [1.807, 2.05) is 0 Å². The van der Waals surface area contributed by atoms with E-state index in [4.69, 9.17) is 18.9 Å². The molecule has 5 aromatic rings. The highest BCUT2D eigenvalue weighted by Crippen LogP contribution is 2.67. The van der Waals surface area contributed by atoms with Crippen molar-refractivity contribution in [2.75, 3.05) is 38.0 Å². The number of anilines is 1. The third kappa shape index (κ3) is 4.63. The molecule has 2 aliphatic carbocycles. The van der Waals surface area contributed by atoms with Crippen LogP contribution < -0.4 is 19.1 Å². The minimum absolute atomic E-state index is 0.155. The number of fused-ring (bicyclic) bond motifs is 11. The summed E-state index contributed by atoms with van der Waals surface area (Å²) in [5.41, 5.74) is 9.42. The van der Waals surface area contributed by atoms with Crippen molar-refractivity contribution in [2.45, 2.75) is 58.0 Å². The van der Waals surface area contributed by atoms with Crippen LogP contribution in [0.15, 0.2) is 97.1 Å². The summed E-state index contributed by atoms with van der Waals surface area (Å²) in [6, 6.07) is 33.2. The first-order chi connectivity index (χ1) is 24.7. The first kappa shape index (κ1) is 31.0. The Bertz CT molecular complexity index is 2210. The Morgan fingerprint density at radius 1 is 0.667 bits per heavy atom. The molecular formula is C46H45NO4. The van der Waals surface area contributed by atoms with Crippen LogP contribution >= 0.6 is 0 Å². The van der Waals surface area contributed by atoms with Crippen molar-refractivity contribution in [1.82, 2.24) is 0 Å². The zero-order chi connectivity index (χ0) is 34.6. The number of hydrogen-bond acceptors (Lipinski definition) is 5. The number of rotatable bonds is 3. The summed E-state index contributed by atoms with van der Waals surface area (Å²) in [6.45, 7) is 13.4.